The lowest BCUT2D eigenvalue weighted by molar-refractivity contribution is 0.0654. The van der Waals surface area contributed by atoms with Gasteiger partial charge >= 0.3 is 0 Å². The molecule has 1 atom stereocenters. The molecule has 0 heterocycles. The summed E-state index contributed by atoms with van der Waals surface area (Å²) in [5.41, 5.74) is 0. The van der Waals surface area contributed by atoms with Crippen molar-refractivity contribution in [3.05, 3.63) is 0 Å². The van der Waals surface area contributed by atoms with Gasteiger partial charge in [-0.25, -0.2) is 0 Å². The molecule has 15 heavy (non-hydrogen) atoms. The van der Waals surface area contributed by atoms with Gasteiger partial charge < -0.3 is 15.0 Å². The fraction of sp³-hybridized carbons (Fsp3) is 1.00. The zero-order valence-electron chi connectivity index (χ0n) is 10.9. The molecule has 0 saturated heterocycles. The van der Waals surface area contributed by atoms with Crippen LogP contribution in [-0.2, 0) is 4.74 Å². The van der Waals surface area contributed by atoms with Crippen LogP contribution in [0.5, 0.6) is 0 Å². The number of rotatable bonds is 10. The maximum absolute atomic E-state index is 5.57. The van der Waals surface area contributed by atoms with Crippen molar-refractivity contribution in [3.63, 3.8) is 0 Å². The van der Waals surface area contributed by atoms with E-state index in [1.807, 2.05) is 0 Å². The molecule has 0 rings (SSSR count). The first-order chi connectivity index (χ1) is 7.24. The average Bonchev–Trinajstić information content (AvgIpc) is 2.28. The van der Waals surface area contributed by atoms with E-state index in [1.54, 1.807) is 0 Å². The lowest BCUT2D eigenvalue weighted by Crippen LogP contribution is -2.33. The Bertz CT molecular complexity index is 127. The zero-order valence-corrected chi connectivity index (χ0v) is 10.9. The first-order valence-electron chi connectivity index (χ1n) is 6.29. The van der Waals surface area contributed by atoms with E-state index < -0.39 is 0 Å². The van der Waals surface area contributed by atoms with Gasteiger partial charge in [0.25, 0.3) is 0 Å². The molecule has 1 unspecified atom stereocenters. The number of hydrogen-bond donors (Lipinski definition) is 1. The Morgan fingerprint density at radius 1 is 1.13 bits per heavy atom. The van der Waals surface area contributed by atoms with Gasteiger partial charge in [0.05, 0.1) is 12.7 Å². The summed E-state index contributed by atoms with van der Waals surface area (Å²) in [7, 11) is 0. The normalized spacial score (nSPS) is 13.4. The molecule has 1 N–H and O–H groups in total. The van der Waals surface area contributed by atoms with Gasteiger partial charge in [-0.15, -0.1) is 0 Å². The second-order valence-electron chi connectivity index (χ2n) is 3.87. The van der Waals surface area contributed by atoms with E-state index in [4.69, 9.17) is 4.74 Å². The number of nitrogens with zero attached hydrogens (tertiary/aromatic N) is 1. The molecule has 0 aromatic heterocycles. The van der Waals surface area contributed by atoms with E-state index in [9.17, 15) is 0 Å². The van der Waals surface area contributed by atoms with Crippen molar-refractivity contribution >= 4 is 0 Å². The maximum atomic E-state index is 5.57. The van der Waals surface area contributed by atoms with Gasteiger partial charge in [0.2, 0.25) is 0 Å². The Morgan fingerprint density at radius 2 is 1.80 bits per heavy atom. The van der Waals surface area contributed by atoms with E-state index in [1.165, 1.54) is 0 Å². The summed E-state index contributed by atoms with van der Waals surface area (Å²) in [6.45, 7) is 14.9. The van der Waals surface area contributed by atoms with Gasteiger partial charge in [0, 0.05) is 19.6 Å². The molecule has 0 bridgehead atoms. The summed E-state index contributed by atoms with van der Waals surface area (Å²) >= 11 is 0. The third-order valence-electron chi connectivity index (χ3n) is 2.76. The summed E-state index contributed by atoms with van der Waals surface area (Å²) in [6, 6.07) is 0. The molecule has 0 saturated carbocycles. The van der Waals surface area contributed by atoms with Crippen molar-refractivity contribution in [2.45, 2.75) is 40.2 Å². The molecule has 3 nitrogen and oxygen atoms in total. The highest BCUT2D eigenvalue weighted by atomic mass is 16.5. The molecule has 0 aliphatic carbocycles. The molecule has 92 valence electrons. The number of ether oxygens (including phenoxy) is 1. The molecule has 3 heteroatoms. The van der Waals surface area contributed by atoms with Crippen LogP contribution in [0.15, 0.2) is 0 Å². The number of hydrogen-bond acceptors (Lipinski definition) is 3. The van der Waals surface area contributed by atoms with Crippen LogP contribution in [0.1, 0.15) is 34.1 Å². The zero-order chi connectivity index (χ0) is 11.5. The van der Waals surface area contributed by atoms with Crippen molar-refractivity contribution in [3.8, 4) is 0 Å². The van der Waals surface area contributed by atoms with Gasteiger partial charge in [-0.05, 0) is 26.4 Å². The third kappa shape index (κ3) is 8.85. The highest BCUT2D eigenvalue weighted by Gasteiger charge is 1.99. The molecule has 0 fully saturated rings. The van der Waals surface area contributed by atoms with Crippen LogP contribution in [0.4, 0.5) is 0 Å². The minimum Gasteiger partial charge on any atom is -0.377 e. The van der Waals surface area contributed by atoms with Crippen molar-refractivity contribution in [1.29, 1.82) is 0 Å². The molecular formula is C12H28N2O. The standard InChI is InChI=1S/C12H28N2O/c1-5-12(4)15-11-9-13-8-10-14(6-2)7-3/h12-13H,5-11H2,1-4H3. The number of likely N-dealkylation sites (N-methyl/N-ethyl adjacent to an activating group) is 1. The largest absolute Gasteiger partial charge is 0.377 e. The van der Waals surface area contributed by atoms with Crippen molar-refractivity contribution in [2.75, 3.05) is 39.3 Å². The van der Waals surface area contributed by atoms with E-state index in [0.717, 1.165) is 45.8 Å². The van der Waals surface area contributed by atoms with Crippen LogP contribution < -0.4 is 5.32 Å². The van der Waals surface area contributed by atoms with Crippen molar-refractivity contribution in [1.82, 2.24) is 10.2 Å². The van der Waals surface area contributed by atoms with Gasteiger partial charge in [0.15, 0.2) is 0 Å². The van der Waals surface area contributed by atoms with Gasteiger partial charge in [-0.1, -0.05) is 20.8 Å². The topological polar surface area (TPSA) is 24.5 Å². The maximum Gasteiger partial charge on any atom is 0.0594 e. The molecule has 0 radical (unpaired) electrons. The summed E-state index contributed by atoms with van der Waals surface area (Å²) in [5.74, 6) is 0. The first-order valence-corrected chi connectivity index (χ1v) is 6.29. The van der Waals surface area contributed by atoms with Crippen molar-refractivity contribution in [2.24, 2.45) is 0 Å². The van der Waals surface area contributed by atoms with Crippen LogP contribution >= 0.6 is 0 Å². The quantitative estimate of drug-likeness (QED) is 0.563. The van der Waals surface area contributed by atoms with Gasteiger partial charge in [-0.3, -0.25) is 0 Å². The Morgan fingerprint density at radius 3 is 2.33 bits per heavy atom. The fourth-order valence-corrected chi connectivity index (χ4v) is 1.35. The second-order valence-corrected chi connectivity index (χ2v) is 3.87. The van der Waals surface area contributed by atoms with Crippen LogP contribution in [-0.4, -0.2) is 50.3 Å². The predicted octanol–water partition coefficient (Wildman–Crippen LogP) is 1.73. The molecule has 0 aliphatic heterocycles. The summed E-state index contributed by atoms with van der Waals surface area (Å²) in [6.07, 6.45) is 1.49. The lowest BCUT2D eigenvalue weighted by atomic mass is 10.3. The minimum atomic E-state index is 0.398. The molecule has 0 aromatic carbocycles. The highest BCUT2D eigenvalue weighted by molar-refractivity contribution is 4.55. The van der Waals surface area contributed by atoms with E-state index in [-0.39, 0.29) is 0 Å². The van der Waals surface area contributed by atoms with E-state index >= 15 is 0 Å². The van der Waals surface area contributed by atoms with E-state index in [0.29, 0.717) is 6.10 Å². The monoisotopic (exact) mass is 216 g/mol. The van der Waals surface area contributed by atoms with E-state index in [2.05, 4.69) is 37.9 Å². The second kappa shape index (κ2) is 10.4. The minimum absolute atomic E-state index is 0.398. The Hall–Kier alpha value is -0.120. The molecule has 0 aliphatic rings. The van der Waals surface area contributed by atoms with Crippen LogP contribution in [0.25, 0.3) is 0 Å². The summed E-state index contributed by atoms with van der Waals surface area (Å²) in [4.78, 5) is 2.42. The number of nitrogens with one attached hydrogen (secondary N) is 1. The molecule has 0 amide bonds. The Balaban J connectivity index is 3.17. The predicted molar refractivity (Wildman–Crippen MR) is 66.4 cm³/mol. The molecular weight excluding hydrogens is 188 g/mol. The summed E-state index contributed by atoms with van der Waals surface area (Å²) in [5, 5.41) is 3.40. The first kappa shape index (κ1) is 14.9. The van der Waals surface area contributed by atoms with Gasteiger partial charge in [0.1, 0.15) is 0 Å². The molecule has 0 aromatic rings. The fourth-order valence-electron chi connectivity index (χ4n) is 1.35. The average molecular weight is 216 g/mol. The smallest absolute Gasteiger partial charge is 0.0594 e. The highest BCUT2D eigenvalue weighted by Crippen LogP contribution is 1.93. The Labute approximate surface area is 95.2 Å². The molecule has 0 spiro atoms. The SMILES string of the molecule is CCC(C)OCCNCCN(CC)CC. The Kier molecular flexibility index (Phi) is 10.3. The van der Waals surface area contributed by atoms with Crippen molar-refractivity contribution < 1.29 is 4.74 Å². The third-order valence-corrected chi connectivity index (χ3v) is 2.76. The van der Waals surface area contributed by atoms with Crippen LogP contribution in [0.2, 0.25) is 0 Å². The van der Waals surface area contributed by atoms with Crippen LogP contribution in [0.3, 0.4) is 0 Å². The lowest BCUT2D eigenvalue weighted by Gasteiger charge is -2.18. The van der Waals surface area contributed by atoms with Crippen LogP contribution in [0, 0.1) is 0 Å². The van der Waals surface area contributed by atoms with Gasteiger partial charge in [-0.2, -0.15) is 0 Å². The summed E-state index contributed by atoms with van der Waals surface area (Å²) < 4.78 is 5.57.